The molecule has 0 aliphatic carbocycles. The van der Waals surface area contributed by atoms with E-state index in [0.717, 1.165) is 13.1 Å². The minimum atomic E-state index is -5.08. The highest BCUT2D eigenvalue weighted by atomic mass is 19.4. The van der Waals surface area contributed by atoms with E-state index in [1.54, 1.807) is 37.9 Å². The molecule has 0 spiro atoms. The van der Waals surface area contributed by atoms with Crippen molar-refractivity contribution in [2.24, 2.45) is 0 Å². The lowest BCUT2D eigenvalue weighted by molar-refractivity contribution is -0.192. The van der Waals surface area contributed by atoms with Crippen LogP contribution in [0.2, 0.25) is 0 Å². The van der Waals surface area contributed by atoms with Gasteiger partial charge in [-0.05, 0) is 27.8 Å². The molecule has 190 valence electrons. The van der Waals surface area contributed by atoms with Gasteiger partial charge in [0.15, 0.2) is 0 Å². The topological polar surface area (TPSA) is 119 Å². The van der Waals surface area contributed by atoms with Crippen LogP contribution in [0, 0.1) is 0 Å². The molecule has 3 amide bonds. The summed E-state index contributed by atoms with van der Waals surface area (Å²) in [7, 11) is 7.01. The van der Waals surface area contributed by atoms with Crippen LogP contribution in [0.5, 0.6) is 0 Å². The molecular formula is C19H37F3N4O6. The number of nitrogens with zero attached hydrogens (tertiary/aromatic N) is 3. The molecule has 0 aromatic carbocycles. The monoisotopic (exact) mass is 474 g/mol. The minimum absolute atomic E-state index is 0.0161. The summed E-state index contributed by atoms with van der Waals surface area (Å²) in [5.41, 5.74) is -0.488. The first-order valence-corrected chi connectivity index (χ1v) is 9.58. The Hall–Kier alpha value is -2.57. The number of nitrogens with one attached hydrogen (secondary N) is 1. The number of carbonyl (C=O) groups is 4. The zero-order valence-electron chi connectivity index (χ0n) is 20.3. The van der Waals surface area contributed by atoms with E-state index in [1.165, 1.54) is 11.8 Å². The van der Waals surface area contributed by atoms with E-state index >= 15 is 0 Å². The number of carboxylic acid groups (broad SMARTS) is 1. The predicted molar refractivity (Wildman–Crippen MR) is 113 cm³/mol. The molecule has 10 nitrogen and oxygen atoms in total. The Morgan fingerprint density at radius 3 is 1.47 bits per heavy atom. The van der Waals surface area contributed by atoms with Crippen LogP contribution in [0.15, 0.2) is 0 Å². The van der Waals surface area contributed by atoms with Crippen LogP contribution < -0.4 is 5.32 Å². The average Bonchev–Trinajstić information content (AvgIpc) is 2.62. The maximum atomic E-state index is 11.5. The zero-order chi connectivity index (χ0) is 26.3. The Labute approximate surface area is 187 Å². The number of amides is 3. The van der Waals surface area contributed by atoms with Crippen LogP contribution in [0.4, 0.5) is 18.0 Å². The summed E-state index contributed by atoms with van der Waals surface area (Å²) >= 11 is 0. The average molecular weight is 475 g/mol. The summed E-state index contributed by atoms with van der Waals surface area (Å²) in [4.78, 5) is 46.6. The second-order valence-electron chi connectivity index (χ2n) is 7.69. The number of likely N-dealkylation sites (N-methyl/N-ethyl adjacent to an activating group) is 4. The van der Waals surface area contributed by atoms with Gasteiger partial charge in [0.25, 0.3) is 0 Å². The van der Waals surface area contributed by atoms with Gasteiger partial charge in [-0.2, -0.15) is 13.2 Å². The van der Waals surface area contributed by atoms with Crippen LogP contribution in [-0.2, 0) is 19.1 Å². The molecule has 0 heterocycles. The van der Waals surface area contributed by atoms with Crippen LogP contribution in [-0.4, -0.2) is 110 Å². The van der Waals surface area contributed by atoms with Crippen molar-refractivity contribution in [3.05, 3.63) is 0 Å². The fourth-order valence-corrected chi connectivity index (χ4v) is 1.33. The molecule has 32 heavy (non-hydrogen) atoms. The Morgan fingerprint density at radius 2 is 1.19 bits per heavy atom. The quantitative estimate of drug-likeness (QED) is 0.601. The van der Waals surface area contributed by atoms with Gasteiger partial charge >= 0.3 is 18.2 Å². The lowest BCUT2D eigenvalue weighted by Crippen LogP contribution is -2.39. The van der Waals surface area contributed by atoms with Gasteiger partial charge in [0.05, 0.1) is 0 Å². The molecule has 0 saturated heterocycles. The highest BCUT2D eigenvalue weighted by molar-refractivity contribution is 5.73. The number of halogens is 3. The van der Waals surface area contributed by atoms with Crippen molar-refractivity contribution in [2.75, 3.05) is 54.4 Å². The number of alkyl halides is 3. The van der Waals surface area contributed by atoms with Gasteiger partial charge < -0.3 is 29.9 Å². The third kappa shape index (κ3) is 22.1. The molecule has 0 atom stereocenters. The van der Waals surface area contributed by atoms with E-state index in [-0.39, 0.29) is 17.9 Å². The molecule has 13 heteroatoms. The second kappa shape index (κ2) is 16.1. The summed E-state index contributed by atoms with van der Waals surface area (Å²) in [6.07, 6.45) is -5.45. The molecule has 0 rings (SSSR count). The molecule has 2 N–H and O–H groups in total. The molecule has 0 aliphatic rings. The summed E-state index contributed by atoms with van der Waals surface area (Å²) in [5, 5.41) is 10.1. The number of carboxylic acids is 1. The summed E-state index contributed by atoms with van der Waals surface area (Å²) in [6, 6.07) is 0. The first-order chi connectivity index (χ1) is 14.3. The molecule has 0 aromatic rings. The normalized spacial score (nSPS) is 10.5. The SMILES string of the molecule is CC(=O)N(C)CCN(C)C(=O)OC(C)(C)C.CNCCN(C)C(C)=O.O=C(O)C(F)(F)F. The highest BCUT2D eigenvalue weighted by Gasteiger charge is 2.38. The Balaban J connectivity index is -0.000000442. The van der Waals surface area contributed by atoms with E-state index in [4.69, 9.17) is 14.6 Å². The molecule has 0 aliphatic heterocycles. The number of aliphatic carboxylic acids is 1. The lowest BCUT2D eigenvalue weighted by atomic mass is 10.2. The molecule has 0 radical (unpaired) electrons. The van der Waals surface area contributed by atoms with E-state index in [1.807, 2.05) is 27.8 Å². The standard InChI is InChI=1S/C11H22N2O3.C6H14N2O.C2HF3O2/c1-9(14)12(5)7-8-13(6)10(15)16-11(2,3)4;1-6(9)8(3)5-4-7-2;3-2(4,5)1(6)7/h7-8H2,1-6H3;7H,4-5H2,1-3H3;(H,6,7). The van der Waals surface area contributed by atoms with Gasteiger partial charge in [-0.3, -0.25) is 9.59 Å². The van der Waals surface area contributed by atoms with Crippen LogP contribution in [0.25, 0.3) is 0 Å². The van der Waals surface area contributed by atoms with Crippen molar-refractivity contribution in [3.8, 4) is 0 Å². The summed E-state index contributed by atoms with van der Waals surface area (Å²) < 4.78 is 36.9. The van der Waals surface area contributed by atoms with Gasteiger partial charge in [-0.25, -0.2) is 9.59 Å². The van der Waals surface area contributed by atoms with Gasteiger partial charge in [-0.15, -0.1) is 0 Å². The fourth-order valence-electron chi connectivity index (χ4n) is 1.33. The molecular weight excluding hydrogens is 437 g/mol. The van der Waals surface area contributed by atoms with Crippen molar-refractivity contribution >= 4 is 23.9 Å². The van der Waals surface area contributed by atoms with Crippen LogP contribution >= 0.6 is 0 Å². The van der Waals surface area contributed by atoms with Gasteiger partial charge in [-0.1, -0.05) is 0 Å². The Bertz CT molecular complexity index is 595. The van der Waals surface area contributed by atoms with E-state index in [0.29, 0.717) is 13.1 Å². The fraction of sp³-hybridized carbons (Fsp3) is 0.789. The van der Waals surface area contributed by atoms with Gasteiger partial charge in [0.2, 0.25) is 11.8 Å². The second-order valence-corrected chi connectivity index (χ2v) is 7.69. The van der Waals surface area contributed by atoms with Crippen LogP contribution in [0.1, 0.15) is 34.6 Å². The Kier molecular flexibility index (Phi) is 17.2. The zero-order valence-corrected chi connectivity index (χ0v) is 20.3. The molecule has 0 fully saturated rings. The van der Waals surface area contributed by atoms with Crippen molar-refractivity contribution in [1.82, 2.24) is 20.0 Å². The number of ether oxygens (including phenoxy) is 1. The van der Waals surface area contributed by atoms with E-state index in [9.17, 15) is 27.6 Å². The van der Waals surface area contributed by atoms with Gasteiger partial charge in [0.1, 0.15) is 5.60 Å². The number of carbonyl (C=O) groups excluding carboxylic acids is 3. The van der Waals surface area contributed by atoms with Crippen molar-refractivity contribution in [3.63, 3.8) is 0 Å². The molecule has 0 unspecified atom stereocenters. The van der Waals surface area contributed by atoms with Crippen molar-refractivity contribution < 1.29 is 42.2 Å². The number of rotatable bonds is 6. The smallest absolute Gasteiger partial charge is 0.475 e. The largest absolute Gasteiger partial charge is 0.490 e. The highest BCUT2D eigenvalue weighted by Crippen LogP contribution is 2.13. The maximum Gasteiger partial charge on any atom is 0.490 e. The van der Waals surface area contributed by atoms with Crippen LogP contribution in [0.3, 0.4) is 0 Å². The maximum absolute atomic E-state index is 11.5. The minimum Gasteiger partial charge on any atom is -0.475 e. The number of hydrogen-bond acceptors (Lipinski definition) is 6. The van der Waals surface area contributed by atoms with Crippen molar-refractivity contribution in [1.29, 1.82) is 0 Å². The summed E-state index contributed by atoms with van der Waals surface area (Å²) in [5.74, 6) is -2.66. The Morgan fingerprint density at radius 1 is 0.844 bits per heavy atom. The lowest BCUT2D eigenvalue weighted by Gasteiger charge is -2.26. The summed E-state index contributed by atoms with van der Waals surface area (Å²) in [6.45, 7) is 11.1. The van der Waals surface area contributed by atoms with Gasteiger partial charge in [0, 0.05) is 61.2 Å². The van der Waals surface area contributed by atoms with E-state index < -0.39 is 17.7 Å². The van der Waals surface area contributed by atoms with E-state index in [2.05, 4.69) is 5.32 Å². The molecule has 0 bridgehead atoms. The number of hydrogen-bond donors (Lipinski definition) is 2. The van der Waals surface area contributed by atoms with Crippen molar-refractivity contribution in [2.45, 2.75) is 46.4 Å². The molecule has 0 aromatic heterocycles. The molecule has 0 saturated carbocycles. The third-order valence-corrected chi connectivity index (χ3v) is 3.49. The third-order valence-electron chi connectivity index (χ3n) is 3.49. The first kappa shape index (κ1) is 34.1. The first-order valence-electron chi connectivity index (χ1n) is 9.58. The predicted octanol–water partition coefficient (Wildman–Crippen LogP) is 1.65.